The molecule has 442 valence electrons. The fraction of sp³-hybridized carbons (Fsp3) is 0.899. The molecule has 0 aliphatic heterocycles. The van der Waals surface area contributed by atoms with E-state index in [1.54, 1.807) is 0 Å². The summed E-state index contributed by atoms with van der Waals surface area (Å²) in [4.78, 5) is 38.3. The molecule has 1 atom stereocenters. The zero-order chi connectivity index (χ0) is 54.3. The molecule has 0 aromatic carbocycles. The topological polar surface area (TPSA) is 78.9 Å². The van der Waals surface area contributed by atoms with Gasteiger partial charge in [-0.25, -0.2) is 0 Å². The molecule has 0 saturated carbocycles. The quantitative estimate of drug-likeness (QED) is 0.0261. The molecule has 0 N–H and O–H groups in total. The molecule has 0 aliphatic rings. The number of allylic oxidation sites excluding steroid dienone is 4. The number of ether oxygens (including phenoxy) is 3. The molecule has 0 saturated heterocycles. The molecule has 0 heterocycles. The van der Waals surface area contributed by atoms with E-state index in [0.29, 0.717) is 19.3 Å². The van der Waals surface area contributed by atoms with Gasteiger partial charge in [0.2, 0.25) is 0 Å². The summed E-state index contributed by atoms with van der Waals surface area (Å²) >= 11 is 0. The van der Waals surface area contributed by atoms with Crippen molar-refractivity contribution in [2.24, 2.45) is 0 Å². The summed E-state index contributed by atoms with van der Waals surface area (Å²) in [5.74, 6) is -0.856. The summed E-state index contributed by atoms with van der Waals surface area (Å²) in [6.45, 7) is 6.68. The molecule has 0 radical (unpaired) electrons. The number of rotatable bonds is 63. The van der Waals surface area contributed by atoms with Gasteiger partial charge in [-0.15, -0.1) is 0 Å². The SMILES string of the molecule is CCCCC/C=C\C/C=C\CCCCCCCC(=O)OC(COC(=O)CCCCCCCCCCCCCCCCC)COC(=O)CCCCCCCCCCCCCCCCCCCCCCCCCCCCC. The van der Waals surface area contributed by atoms with E-state index in [2.05, 4.69) is 45.1 Å². The summed E-state index contributed by atoms with van der Waals surface area (Å²) in [5.41, 5.74) is 0. The Bertz CT molecular complexity index is 1210. The van der Waals surface area contributed by atoms with E-state index in [1.165, 1.54) is 263 Å². The van der Waals surface area contributed by atoms with Crippen LogP contribution in [0.3, 0.4) is 0 Å². The zero-order valence-corrected chi connectivity index (χ0v) is 50.8. The molecule has 0 amide bonds. The van der Waals surface area contributed by atoms with Crippen LogP contribution in [0.15, 0.2) is 24.3 Å². The average Bonchev–Trinajstić information content (AvgIpc) is 3.41. The van der Waals surface area contributed by atoms with E-state index in [0.717, 1.165) is 77.0 Å². The van der Waals surface area contributed by atoms with Gasteiger partial charge in [0.05, 0.1) is 0 Å². The maximum Gasteiger partial charge on any atom is 0.306 e. The highest BCUT2D eigenvalue weighted by Crippen LogP contribution is 2.19. The van der Waals surface area contributed by atoms with Crippen LogP contribution in [0.25, 0.3) is 0 Å². The normalized spacial score (nSPS) is 12.1. The Morgan fingerprint density at radius 2 is 0.480 bits per heavy atom. The van der Waals surface area contributed by atoms with Crippen LogP contribution in [0.1, 0.15) is 380 Å². The molecule has 1 unspecified atom stereocenters. The predicted molar refractivity (Wildman–Crippen MR) is 326 cm³/mol. The third-order valence-electron chi connectivity index (χ3n) is 15.5. The van der Waals surface area contributed by atoms with Gasteiger partial charge in [-0.3, -0.25) is 14.4 Å². The second-order valence-electron chi connectivity index (χ2n) is 23.1. The maximum atomic E-state index is 12.9. The molecule has 0 rings (SSSR count). The van der Waals surface area contributed by atoms with Crippen LogP contribution in [-0.2, 0) is 28.6 Å². The van der Waals surface area contributed by atoms with Crippen molar-refractivity contribution >= 4 is 17.9 Å². The van der Waals surface area contributed by atoms with Gasteiger partial charge in [-0.05, 0) is 51.4 Å². The molecular weight excluding hydrogens is 925 g/mol. The molecule has 0 aromatic heterocycles. The van der Waals surface area contributed by atoms with Crippen LogP contribution < -0.4 is 0 Å². The third kappa shape index (κ3) is 62.6. The lowest BCUT2D eigenvalue weighted by atomic mass is 10.0. The fourth-order valence-corrected chi connectivity index (χ4v) is 10.4. The minimum Gasteiger partial charge on any atom is -0.462 e. The molecule has 0 spiro atoms. The summed E-state index contributed by atoms with van der Waals surface area (Å²) in [5, 5.41) is 0. The van der Waals surface area contributed by atoms with Crippen LogP contribution in [-0.4, -0.2) is 37.2 Å². The second-order valence-corrected chi connectivity index (χ2v) is 23.1. The monoisotopic (exact) mass is 1050 g/mol. The van der Waals surface area contributed by atoms with Gasteiger partial charge in [0.1, 0.15) is 13.2 Å². The average molecular weight is 1060 g/mol. The summed E-state index contributed by atoms with van der Waals surface area (Å²) in [6, 6.07) is 0. The Hall–Kier alpha value is -2.11. The van der Waals surface area contributed by atoms with Crippen molar-refractivity contribution < 1.29 is 28.6 Å². The standard InChI is InChI=1S/C69H130O6/c1-4-7-10-13-16-19-22-25-28-29-30-31-32-33-34-35-36-37-38-39-42-44-47-50-53-56-59-62-68(71)74-65-66(75-69(72)63-60-57-54-51-48-45-41-27-24-21-18-15-12-9-6-3)64-73-67(70)61-58-55-52-49-46-43-40-26-23-20-17-14-11-8-5-2/h18,21,27,41,66H,4-17,19-20,22-26,28-40,42-65H2,1-3H3/b21-18-,41-27-. The van der Waals surface area contributed by atoms with Crippen LogP contribution in [0.5, 0.6) is 0 Å². The van der Waals surface area contributed by atoms with Crippen molar-refractivity contribution in [2.45, 2.75) is 386 Å². The van der Waals surface area contributed by atoms with Crippen molar-refractivity contribution in [1.29, 1.82) is 0 Å². The van der Waals surface area contributed by atoms with Crippen LogP contribution >= 0.6 is 0 Å². The fourth-order valence-electron chi connectivity index (χ4n) is 10.4. The van der Waals surface area contributed by atoms with E-state index < -0.39 is 6.10 Å². The third-order valence-corrected chi connectivity index (χ3v) is 15.5. The number of carbonyl (C=O) groups is 3. The molecule has 0 aliphatic carbocycles. The Morgan fingerprint density at radius 3 is 0.760 bits per heavy atom. The Labute approximate surface area is 468 Å². The largest absolute Gasteiger partial charge is 0.462 e. The van der Waals surface area contributed by atoms with Crippen molar-refractivity contribution in [3.63, 3.8) is 0 Å². The van der Waals surface area contributed by atoms with Gasteiger partial charge < -0.3 is 14.2 Å². The van der Waals surface area contributed by atoms with Gasteiger partial charge in [0.15, 0.2) is 6.10 Å². The Balaban J connectivity index is 4.19. The van der Waals surface area contributed by atoms with Crippen molar-refractivity contribution in [1.82, 2.24) is 0 Å². The van der Waals surface area contributed by atoms with E-state index in [4.69, 9.17) is 14.2 Å². The first-order valence-corrected chi connectivity index (χ1v) is 33.8. The van der Waals surface area contributed by atoms with Crippen LogP contribution in [0.2, 0.25) is 0 Å². The molecule has 0 aromatic rings. The number of esters is 3. The van der Waals surface area contributed by atoms with Gasteiger partial charge in [-0.1, -0.05) is 334 Å². The summed E-state index contributed by atoms with van der Waals surface area (Å²) < 4.78 is 16.9. The summed E-state index contributed by atoms with van der Waals surface area (Å²) in [7, 11) is 0. The van der Waals surface area contributed by atoms with Gasteiger partial charge >= 0.3 is 17.9 Å². The van der Waals surface area contributed by atoms with Crippen molar-refractivity contribution in [3.05, 3.63) is 24.3 Å². The summed E-state index contributed by atoms with van der Waals surface area (Å²) in [6.07, 6.45) is 77.7. The number of unbranched alkanes of at least 4 members (excludes halogenated alkanes) is 48. The molecule has 6 heteroatoms. The number of hydrogen-bond donors (Lipinski definition) is 0. The Morgan fingerprint density at radius 1 is 0.267 bits per heavy atom. The van der Waals surface area contributed by atoms with E-state index >= 15 is 0 Å². The molecule has 0 fully saturated rings. The predicted octanol–water partition coefficient (Wildman–Crippen LogP) is 23.0. The highest BCUT2D eigenvalue weighted by molar-refractivity contribution is 5.71. The van der Waals surface area contributed by atoms with Crippen molar-refractivity contribution in [2.75, 3.05) is 13.2 Å². The lowest BCUT2D eigenvalue weighted by Gasteiger charge is -2.18. The molecule has 6 nitrogen and oxygen atoms in total. The van der Waals surface area contributed by atoms with Crippen LogP contribution in [0.4, 0.5) is 0 Å². The number of hydrogen-bond acceptors (Lipinski definition) is 6. The number of carbonyl (C=O) groups excluding carboxylic acids is 3. The Kier molecular flexibility index (Phi) is 62.6. The minimum atomic E-state index is -0.775. The van der Waals surface area contributed by atoms with E-state index in [1.807, 2.05) is 0 Å². The molecule has 0 bridgehead atoms. The minimum absolute atomic E-state index is 0.0709. The van der Waals surface area contributed by atoms with Gasteiger partial charge in [0, 0.05) is 19.3 Å². The van der Waals surface area contributed by atoms with Crippen molar-refractivity contribution in [3.8, 4) is 0 Å². The second kappa shape index (κ2) is 64.4. The molecule has 75 heavy (non-hydrogen) atoms. The van der Waals surface area contributed by atoms with E-state index in [9.17, 15) is 14.4 Å². The smallest absolute Gasteiger partial charge is 0.306 e. The first-order valence-electron chi connectivity index (χ1n) is 33.8. The van der Waals surface area contributed by atoms with Crippen LogP contribution in [0, 0.1) is 0 Å². The maximum absolute atomic E-state index is 12.9. The van der Waals surface area contributed by atoms with Gasteiger partial charge in [0.25, 0.3) is 0 Å². The first-order chi connectivity index (χ1) is 37.0. The van der Waals surface area contributed by atoms with Gasteiger partial charge in [-0.2, -0.15) is 0 Å². The lowest BCUT2D eigenvalue weighted by molar-refractivity contribution is -0.167. The molecular formula is C69H130O6. The lowest BCUT2D eigenvalue weighted by Crippen LogP contribution is -2.30. The highest BCUT2D eigenvalue weighted by Gasteiger charge is 2.19. The highest BCUT2D eigenvalue weighted by atomic mass is 16.6. The first kappa shape index (κ1) is 72.9. The zero-order valence-electron chi connectivity index (χ0n) is 50.8. The van der Waals surface area contributed by atoms with E-state index in [-0.39, 0.29) is 31.1 Å².